The monoisotopic (exact) mass is 399 g/mol. The predicted molar refractivity (Wildman–Crippen MR) is 111 cm³/mol. The summed E-state index contributed by atoms with van der Waals surface area (Å²) in [6, 6.07) is 6.17. The van der Waals surface area contributed by atoms with Crippen LogP contribution in [0.3, 0.4) is 0 Å². The maximum Gasteiger partial charge on any atom is 0.303 e. The largest absolute Gasteiger partial charge is 0.481 e. The standard InChI is InChI=1S/C24H33NO4/c1-14-6-15(4-5-20(26)27)10-19(7-14)23(2,3)22(28)25-21-17-8-16-9-18(21)13-24(29,11-16)12-17/h6-7,10,16-18,21,29H,4-5,8-9,11-13H2,1-3H3,(H,25,28)(H,26,27)/t16?,17-,18+,21+,24+. The van der Waals surface area contributed by atoms with E-state index < -0.39 is 17.0 Å². The minimum Gasteiger partial charge on any atom is -0.481 e. The topological polar surface area (TPSA) is 86.6 Å². The van der Waals surface area contributed by atoms with Crippen LogP contribution in [0.25, 0.3) is 0 Å². The summed E-state index contributed by atoms with van der Waals surface area (Å²) < 4.78 is 0. The first-order valence-corrected chi connectivity index (χ1v) is 10.9. The fourth-order valence-corrected chi connectivity index (χ4v) is 6.30. The molecule has 4 aliphatic carbocycles. The molecule has 5 atom stereocenters. The van der Waals surface area contributed by atoms with Crippen molar-refractivity contribution >= 4 is 11.9 Å². The summed E-state index contributed by atoms with van der Waals surface area (Å²) in [4.78, 5) is 24.3. The number of hydrogen-bond donors (Lipinski definition) is 3. The molecule has 4 bridgehead atoms. The first-order valence-electron chi connectivity index (χ1n) is 10.9. The normalized spacial score (nSPS) is 33.0. The number of carboxylic acids is 1. The van der Waals surface area contributed by atoms with E-state index in [9.17, 15) is 14.7 Å². The SMILES string of the molecule is Cc1cc(CCC(=O)O)cc(C(C)(C)C(=O)N[C@H]2[C@@H]3CC4C[C@H]2C[C@](O)(C4)C3)c1. The minimum absolute atomic E-state index is 0.0248. The van der Waals surface area contributed by atoms with Crippen LogP contribution < -0.4 is 5.32 Å². The third-order valence-electron chi connectivity index (χ3n) is 7.59. The van der Waals surface area contributed by atoms with Crippen LogP contribution in [-0.2, 0) is 21.4 Å². The number of aliphatic hydroxyl groups is 1. The molecule has 0 saturated heterocycles. The van der Waals surface area contributed by atoms with E-state index >= 15 is 0 Å². The molecule has 0 aliphatic heterocycles. The van der Waals surface area contributed by atoms with Crippen molar-refractivity contribution in [1.29, 1.82) is 0 Å². The lowest BCUT2D eigenvalue weighted by Crippen LogP contribution is -2.62. The molecule has 0 spiro atoms. The maximum absolute atomic E-state index is 13.4. The molecule has 0 radical (unpaired) electrons. The molecule has 0 heterocycles. The highest BCUT2D eigenvalue weighted by atomic mass is 16.4. The molecule has 0 aromatic heterocycles. The van der Waals surface area contributed by atoms with Gasteiger partial charge in [0.05, 0.1) is 11.0 Å². The summed E-state index contributed by atoms with van der Waals surface area (Å²) in [6.07, 6.45) is 5.36. The molecule has 4 aliphatic rings. The second-order valence-corrected chi connectivity index (χ2v) is 10.4. The van der Waals surface area contributed by atoms with Gasteiger partial charge in [-0.25, -0.2) is 0 Å². The Morgan fingerprint density at radius 2 is 1.79 bits per heavy atom. The maximum atomic E-state index is 13.4. The molecular formula is C24H33NO4. The van der Waals surface area contributed by atoms with Crippen LogP contribution in [0.4, 0.5) is 0 Å². The number of nitrogens with one attached hydrogen (secondary N) is 1. The fourth-order valence-electron chi connectivity index (χ4n) is 6.30. The highest BCUT2D eigenvalue weighted by Crippen LogP contribution is 2.55. The van der Waals surface area contributed by atoms with Crippen molar-refractivity contribution in [1.82, 2.24) is 5.32 Å². The van der Waals surface area contributed by atoms with Crippen molar-refractivity contribution in [3.63, 3.8) is 0 Å². The Morgan fingerprint density at radius 3 is 2.38 bits per heavy atom. The van der Waals surface area contributed by atoms with Gasteiger partial charge in [-0.05, 0) is 88.2 Å². The van der Waals surface area contributed by atoms with Gasteiger partial charge in [0.1, 0.15) is 0 Å². The lowest BCUT2D eigenvalue weighted by atomic mass is 9.52. The zero-order chi connectivity index (χ0) is 21.0. The summed E-state index contributed by atoms with van der Waals surface area (Å²) in [6.45, 7) is 5.88. The van der Waals surface area contributed by atoms with E-state index in [2.05, 4.69) is 5.32 Å². The third kappa shape index (κ3) is 3.94. The number of benzene rings is 1. The van der Waals surface area contributed by atoms with E-state index in [0.717, 1.165) is 48.8 Å². The van der Waals surface area contributed by atoms with Crippen LogP contribution in [-0.4, -0.2) is 33.7 Å². The van der Waals surface area contributed by atoms with E-state index in [0.29, 0.717) is 24.2 Å². The zero-order valence-electron chi connectivity index (χ0n) is 17.7. The highest BCUT2D eigenvalue weighted by molar-refractivity contribution is 5.87. The van der Waals surface area contributed by atoms with Crippen LogP contribution in [0, 0.1) is 24.7 Å². The smallest absolute Gasteiger partial charge is 0.303 e. The minimum atomic E-state index is -0.811. The van der Waals surface area contributed by atoms with Gasteiger partial charge in [0.2, 0.25) is 5.91 Å². The van der Waals surface area contributed by atoms with Gasteiger partial charge < -0.3 is 15.5 Å². The van der Waals surface area contributed by atoms with Crippen LogP contribution in [0.1, 0.15) is 69.1 Å². The Bertz CT molecular complexity index is 814. The van der Waals surface area contributed by atoms with Gasteiger partial charge in [-0.3, -0.25) is 9.59 Å². The van der Waals surface area contributed by atoms with E-state index in [4.69, 9.17) is 5.11 Å². The van der Waals surface area contributed by atoms with E-state index in [-0.39, 0.29) is 18.4 Å². The highest BCUT2D eigenvalue weighted by Gasteiger charge is 2.55. The average molecular weight is 400 g/mol. The van der Waals surface area contributed by atoms with Gasteiger partial charge in [0.15, 0.2) is 0 Å². The molecule has 29 heavy (non-hydrogen) atoms. The molecule has 5 rings (SSSR count). The summed E-state index contributed by atoms with van der Waals surface area (Å²) in [5.41, 5.74) is 1.73. The molecule has 5 heteroatoms. The predicted octanol–water partition coefficient (Wildman–Crippen LogP) is 3.35. The number of carboxylic acid groups (broad SMARTS) is 1. The number of aryl methyl sites for hydroxylation is 2. The number of carbonyl (C=O) groups is 2. The Kier molecular flexibility index (Phi) is 5.01. The Hall–Kier alpha value is -1.88. The Balaban J connectivity index is 1.50. The molecule has 4 fully saturated rings. The van der Waals surface area contributed by atoms with Gasteiger partial charge in [0.25, 0.3) is 0 Å². The van der Waals surface area contributed by atoms with Crippen molar-refractivity contribution in [2.75, 3.05) is 0 Å². The summed E-state index contributed by atoms with van der Waals surface area (Å²) in [7, 11) is 0. The molecule has 1 aromatic rings. The van der Waals surface area contributed by atoms with E-state index in [1.807, 2.05) is 39.0 Å². The Morgan fingerprint density at radius 1 is 1.14 bits per heavy atom. The van der Waals surface area contributed by atoms with Gasteiger partial charge in [0, 0.05) is 12.5 Å². The van der Waals surface area contributed by atoms with Gasteiger partial charge >= 0.3 is 5.97 Å². The molecule has 4 saturated carbocycles. The van der Waals surface area contributed by atoms with Gasteiger partial charge in [-0.1, -0.05) is 23.8 Å². The molecule has 158 valence electrons. The first kappa shape index (κ1) is 20.4. The molecule has 5 nitrogen and oxygen atoms in total. The molecule has 1 aromatic carbocycles. The van der Waals surface area contributed by atoms with Crippen molar-refractivity contribution in [2.24, 2.45) is 17.8 Å². The van der Waals surface area contributed by atoms with Gasteiger partial charge in [-0.15, -0.1) is 0 Å². The molecule has 1 unspecified atom stereocenters. The summed E-state index contributed by atoms with van der Waals surface area (Å²) in [5.74, 6) is 0.599. The summed E-state index contributed by atoms with van der Waals surface area (Å²) in [5, 5.41) is 23.1. The van der Waals surface area contributed by atoms with Crippen molar-refractivity contribution < 1.29 is 19.8 Å². The quantitative estimate of drug-likeness (QED) is 0.685. The Labute approximate surface area is 172 Å². The zero-order valence-corrected chi connectivity index (χ0v) is 17.7. The molecule has 3 N–H and O–H groups in total. The summed E-state index contributed by atoms with van der Waals surface area (Å²) >= 11 is 0. The molecule has 1 amide bonds. The number of carbonyl (C=O) groups excluding carboxylic acids is 1. The lowest BCUT2D eigenvalue weighted by Gasteiger charge is -2.58. The van der Waals surface area contributed by atoms with Gasteiger partial charge in [-0.2, -0.15) is 0 Å². The fraction of sp³-hybridized carbons (Fsp3) is 0.667. The van der Waals surface area contributed by atoms with Crippen LogP contribution in [0.5, 0.6) is 0 Å². The second kappa shape index (κ2) is 7.12. The van der Waals surface area contributed by atoms with Crippen molar-refractivity contribution in [2.45, 2.75) is 82.8 Å². The number of amides is 1. The van der Waals surface area contributed by atoms with Crippen molar-refractivity contribution in [3.05, 3.63) is 34.9 Å². The van der Waals surface area contributed by atoms with Crippen molar-refractivity contribution in [3.8, 4) is 0 Å². The van der Waals surface area contributed by atoms with Crippen LogP contribution in [0.15, 0.2) is 18.2 Å². The second-order valence-electron chi connectivity index (χ2n) is 10.4. The average Bonchev–Trinajstić information content (AvgIpc) is 2.61. The number of hydrogen-bond acceptors (Lipinski definition) is 3. The molecular weight excluding hydrogens is 366 g/mol. The lowest BCUT2D eigenvalue weighted by molar-refractivity contribution is -0.148. The number of aliphatic carboxylic acids is 1. The van der Waals surface area contributed by atoms with Crippen LogP contribution >= 0.6 is 0 Å². The first-order chi connectivity index (χ1) is 13.6. The van der Waals surface area contributed by atoms with E-state index in [1.54, 1.807) is 0 Å². The third-order valence-corrected chi connectivity index (χ3v) is 7.59. The van der Waals surface area contributed by atoms with Crippen LogP contribution in [0.2, 0.25) is 0 Å². The number of rotatable bonds is 6. The van der Waals surface area contributed by atoms with E-state index in [1.165, 1.54) is 0 Å².